The first-order chi connectivity index (χ1) is 8.23. The molecule has 0 aliphatic carbocycles. The molecule has 4 nitrogen and oxygen atoms in total. The highest BCUT2D eigenvalue weighted by Crippen LogP contribution is 2.62. The summed E-state index contributed by atoms with van der Waals surface area (Å²) in [5.41, 5.74) is 0.437. The summed E-state index contributed by atoms with van der Waals surface area (Å²) in [5.74, 6) is 0. The molecule has 0 saturated heterocycles. The molecular weight excluding hydrogens is 322 g/mol. The van der Waals surface area contributed by atoms with Crippen LogP contribution in [0, 0.1) is 0 Å². The topological polar surface area (TPSA) is 40.6 Å². The van der Waals surface area contributed by atoms with Gasteiger partial charge in [0.25, 0.3) is 0 Å². The molecule has 0 saturated carbocycles. The first-order valence-corrected chi connectivity index (χ1v) is 9.58. The Morgan fingerprint density at radius 2 is 1.67 bits per heavy atom. The Morgan fingerprint density at radius 1 is 1.17 bits per heavy atom. The van der Waals surface area contributed by atoms with Gasteiger partial charge in [0.15, 0.2) is 6.01 Å². The van der Waals surface area contributed by atoms with E-state index in [-0.39, 0.29) is 0 Å². The number of alkyl halides is 1. The van der Waals surface area contributed by atoms with Crippen molar-refractivity contribution >= 4 is 45.9 Å². The van der Waals surface area contributed by atoms with E-state index >= 15 is 0 Å². The van der Waals surface area contributed by atoms with Gasteiger partial charge in [-0.15, -0.1) is 3.71 Å². The minimum absolute atomic E-state index is 0.437. The fourth-order valence-corrected chi connectivity index (χ4v) is 4.82. The maximum Gasteiger partial charge on any atom is 0.313 e. The van der Waals surface area contributed by atoms with Crippen LogP contribution in [0.15, 0.2) is 30.3 Å². The Labute approximate surface area is 117 Å². The molecule has 0 heterocycles. The molecule has 0 radical (unpaired) electrons. The van der Waals surface area contributed by atoms with E-state index < -0.39 is 24.9 Å². The van der Waals surface area contributed by atoms with E-state index in [1.54, 1.807) is 30.3 Å². The molecule has 9 heteroatoms. The van der Waals surface area contributed by atoms with Crippen molar-refractivity contribution in [3.8, 4) is 0 Å². The quantitative estimate of drug-likeness (QED) is 0.829. The Kier molecular flexibility index (Phi) is 5.13. The monoisotopic (exact) mass is 334 g/mol. The second-order valence-corrected chi connectivity index (χ2v) is 11.0. The lowest BCUT2D eigenvalue weighted by Gasteiger charge is -2.34. The standard InChI is InChI=1S/C9H13Cl2FN2O2S2/c1-13(9-6-4-3-5-7-9)18(15,16)14(2)17(10,11)8-12/h3-7H,8H2,1-2H3. The van der Waals surface area contributed by atoms with Crippen molar-refractivity contribution in [2.24, 2.45) is 0 Å². The number of nitrogens with zero attached hydrogens (tertiary/aromatic N) is 2. The van der Waals surface area contributed by atoms with Gasteiger partial charge in [0.1, 0.15) is 0 Å². The summed E-state index contributed by atoms with van der Waals surface area (Å²) in [6.45, 7) is 0. The number of anilines is 1. The molecule has 0 spiro atoms. The Morgan fingerprint density at radius 3 is 2.11 bits per heavy atom. The molecule has 104 valence electrons. The van der Waals surface area contributed by atoms with Crippen LogP contribution in [0.5, 0.6) is 0 Å². The predicted molar refractivity (Wildman–Crippen MR) is 76.8 cm³/mol. The summed E-state index contributed by atoms with van der Waals surface area (Å²) in [5, 5.41) is 0. The van der Waals surface area contributed by atoms with Gasteiger partial charge in [0, 0.05) is 22.7 Å². The second-order valence-electron chi connectivity index (χ2n) is 3.37. The van der Waals surface area contributed by atoms with Crippen LogP contribution < -0.4 is 4.31 Å². The third-order valence-corrected chi connectivity index (χ3v) is 8.42. The molecular formula is C9H13Cl2FN2O2S2. The van der Waals surface area contributed by atoms with E-state index in [4.69, 9.17) is 21.4 Å². The summed E-state index contributed by atoms with van der Waals surface area (Å²) in [6.07, 6.45) is 0. The summed E-state index contributed by atoms with van der Waals surface area (Å²) in [6, 6.07) is 7.24. The van der Waals surface area contributed by atoms with Gasteiger partial charge in [-0.05, 0) is 33.5 Å². The van der Waals surface area contributed by atoms with Crippen LogP contribution in [-0.2, 0) is 10.2 Å². The number of benzene rings is 1. The number of halogens is 3. The molecule has 0 aliphatic rings. The van der Waals surface area contributed by atoms with E-state index in [0.717, 1.165) is 11.4 Å². The van der Waals surface area contributed by atoms with Gasteiger partial charge in [-0.3, -0.25) is 4.31 Å². The van der Waals surface area contributed by atoms with Crippen LogP contribution in [0.2, 0.25) is 0 Å². The van der Waals surface area contributed by atoms with Crippen molar-refractivity contribution in [2.45, 2.75) is 0 Å². The lowest BCUT2D eigenvalue weighted by molar-refractivity contribution is 0.553. The molecule has 0 atom stereocenters. The third kappa shape index (κ3) is 3.21. The average molecular weight is 335 g/mol. The van der Waals surface area contributed by atoms with Gasteiger partial charge in [-0.25, -0.2) is 4.39 Å². The van der Waals surface area contributed by atoms with Crippen molar-refractivity contribution in [1.82, 2.24) is 3.71 Å². The highest BCUT2D eigenvalue weighted by Gasteiger charge is 2.36. The smallest absolute Gasteiger partial charge is 0.260 e. The highest BCUT2D eigenvalue weighted by atomic mass is 36.0. The number of hydrogen-bond donors (Lipinski definition) is 0. The maximum absolute atomic E-state index is 12.7. The van der Waals surface area contributed by atoms with E-state index in [2.05, 4.69) is 0 Å². The molecule has 0 unspecified atom stereocenters. The largest absolute Gasteiger partial charge is 0.313 e. The summed E-state index contributed by atoms with van der Waals surface area (Å²) < 4.78 is 38.7. The van der Waals surface area contributed by atoms with E-state index in [9.17, 15) is 12.8 Å². The SMILES string of the molecule is CN(c1ccccc1)S(=O)(=O)N(C)S(Cl)(Cl)CF. The van der Waals surface area contributed by atoms with Crippen molar-refractivity contribution in [3.05, 3.63) is 30.3 Å². The normalized spacial score (nSPS) is 13.7. The maximum atomic E-state index is 12.7. The number of hydrogen-bond acceptors (Lipinski definition) is 2. The van der Waals surface area contributed by atoms with Crippen LogP contribution in [0.25, 0.3) is 0 Å². The van der Waals surface area contributed by atoms with Crippen LogP contribution >= 0.6 is 30.0 Å². The zero-order chi connectivity index (χ0) is 14.0. The number of rotatable bonds is 5. The molecule has 0 bridgehead atoms. The van der Waals surface area contributed by atoms with Crippen molar-refractivity contribution in [1.29, 1.82) is 0 Å². The van der Waals surface area contributed by atoms with Gasteiger partial charge in [-0.2, -0.15) is 8.42 Å². The van der Waals surface area contributed by atoms with Crippen LogP contribution in [0.1, 0.15) is 0 Å². The first kappa shape index (κ1) is 15.8. The van der Waals surface area contributed by atoms with E-state index in [0.29, 0.717) is 9.40 Å². The molecule has 1 aromatic rings. The minimum atomic E-state index is -3.96. The molecule has 0 fully saturated rings. The molecule has 18 heavy (non-hydrogen) atoms. The van der Waals surface area contributed by atoms with Crippen molar-refractivity contribution < 1.29 is 12.8 Å². The fourth-order valence-electron chi connectivity index (χ4n) is 1.15. The summed E-state index contributed by atoms with van der Waals surface area (Å²) in [7, 11) is 6.88. The molecule has 1 aromatic carbocycles. The predicted octanol–water partition coefficient (Wildman–Crippen LogP) is 3.25. The van der Waals surface area contributed by atoms with Gasteiger partial charge in [-0.1, -0.05) is 18.2 Å². The zero-order valence-corrected chi connectivity index (χ0v) is 12.9. The van der Waals surface area contributed by atoms with E-state index in [1.807, 2.05) is 0 Å². The lowest BCUT2D eigenvalue weighted by atomic mass is 10.3. The first-order valence-electron chi connectivity index (χ1n) is 4.77. The Bertz CT molecular complexity index is 499. The minimum Gasteiger partial charge on any atom is -0.260 e. The van der Waals surface area contributed by atoms with Crippen molar-refractivity contribution in [3.63, 3.8) is 0 Å². The molecule has 0 aliphatic heterocycles. The van der Waals surface area contributed by atoms with Crippen LogP contribution in [0.4, 0.5) is 10.1 Å². The zero-order valence-electron chi connectivity index (χ0n) is 9.76. The summed E-state index contributed by atoms with van der Waals surface area (Å²) >= 11 is 0. The van der Waals surface area contributed by atoms with Gasteiger partial charge in [0.2, 0.25) is 0 Å². The number of para-hydroxylation sites is 1. The molecule has 1 rings (SSSR count). The third-order valence-electron chi connectivity index (χ3n) is 2.30. The van der Waals surface area contributed by atoms with Gasteiger partial charge in [0.05, 0.1) is 5.69 Å². The molecule has 0 N–H and O–H groups in total. The lowest BCUT2D eigenvalue weighted by Crippen LogP contribution is -2.39. The summed E-state index contributed by atoms with van der Waals surface area (Å²) in [4.78, 5) is 0. The highest BCUT2D eigenvalue weighted by molar-refractivity contribution is 8.66. The average Bonchev–Trinajstić information content (AvgIpc) is 2.37. The molecule has 0 aromatic heterocycles. The van der Waals surface area contributed by atoms with Gasteiger partial charge >= 0.3 is 10.2 Å². The van der Waals surface area contributed by atoms with Crippen LogP contribution in [-0.4, -0.2) is 32.2 Å². The van der Waals surface area contributed by atoms with Crippen molar-refractivity contribution in [2.75, 3.05) is 24.4 Å². The molecule has 0 amide bonds. The van der Waals surface area contributed by atoms with Gasteiger partial charge < -0.3 is 0 Å². The second kappa shape index (κ2) is 5.83. The Balaban J connectivity index is 3.08. The van der Waals surface area contributed by atoms with Crippen LogP contribution in [0.3, 0.4) is 0 Å². The fraction of sp³-hybridized carbons (Fsp3) is 0.333. The Hall–Kier alpha value is -0.210. The van der Waals surface area contributed by atoms with E-state index in [1.165, 1.54) is 7.05 Å².